The highest BCUT2D eigenvalue weighted by Crippen LogP contribution is 2.31. The van der Waals surface area contributed by atoms with E-state index in [-0.39, 0.29) is 12.0 Å². The zero-order valence-corrected chi connectivity index (χ0v) is 9.61. The largest absolute Gasteiger partial charge is 0.490 e. The first-order valence-electron chi connectivity index (χ1n) is 4.80. The summed E-state index contributed by atoms with van der Waals surface area (Å²) in [5.74, 6) is -0.136. The van der Waals surface area contributed by atoms with Gasteiger partial charge in [0.05, 0.1) is 5.92 Å². The van der Waals surface area contributed by atoms with Gasteiger partial charge in [0.25, 0.3) is 0 Å². The topological polar surface area (TPSA) is 46.5 Å². The molecule has 3 nitrogen and oxygen atoms in total. The second kappa shape index (κ2) is 4.23. The zero-order valence-electron chi connectivity index (χ0n) is 8.02. The van der Waals surface area contributed by atoms with Crippen molar-refractivity contribution in [2.45, 2.75) is 18.9 Å². The van der Waals surface area contributed by atoms with E-state index in [1.165, 1.54) is 0 Å². The maximum absolute atomic E-state index is 10.6. The average Bonchev–Trinajstić information content (AvgIpc) is 2.13. The molecule has 4 heteroatoms. The molecule has 0 amide bonds. The predicted molar refractivity (Wildman–Crippen MR) is 58.9 cm³/mol. The van der Waals surface area contributed by atoms with E-state index in [9.17, 15) is 4.79 Å². The van der Waals surface area contributed by atoms with E-state index >= 15 is 0 Å². The Hall–Kier alpha value is -1.03. The summed E-state index contributed by atoms with van der Waals surface area (Å²) in [6.07, 6.45) is 1.30. The van der Waals surface area contributed by atoms with Gasteiger partial charge in [-0.3, -0.25) is 4.79 Å². The second-order valence-corrected chi connectivity index (χ2v) is 4.62. The van der Waals surface area contributed by atoms with Gasteiger partial charge in [-0.25, -0.2) is 0 Å². The van der Waals surface area contributed by atoms with Crippen molar-refractivity contribution in [1.82, 2.24) is 0 Å². The van der Waals surface area contributed by atoms with Crippen LogP contribution in [0.4, 0.5) is 0 Å². The average molecular weight is 271 g/mol. The van der Waals surface area contributed by atoms with Crippen LogP contribution in [0.3, 0.4) is 0 Å². The monoisotopic (exact) mass is 270 g/mol. The van der Waals surface area contributed by atoms with Gasteiger partial charge in [0, 0.05) is 4.47 Å². The van der Waals surface area contributed by atoms with Crippen LogP contribution in [-0.2, 0) is 4.79 Å². The van der Waals surface area contributed by atoms with Crippen LogP contribution in [-0.4, -0.2) is 17.2 Å². The van der Waals surface area contributed by atoms with Gasteiger partial charge in [-0.15, -0.1) is 0 Å². The Bertz CT molecular complexity index is 355. The van der Waals surface area contributed by atoms with Crippen molar-refractivity contribution in [1.29, 1.82) is 0 Å². The first-order valence-corrected chi connectivity index (χ1v) is 5.59. The fourth-order valence-corrected chi connectivity index (χ4v) is 1.83. The summed E-state index contributed by atoms with van der Waals surface area (Å²) in [6, 6.07) is 7.56. The summed E-state index contributed by atoms with van der Waals surface area (Å²) in [7, 11) is 0. The van der Waals surface area contributed by atoms with Crippen LogP contribution < -0.4 is 4.74 Å². The molecule has 0 spiro atoms. The summed E-state index contributed by atoms with van der Waals surface area (Å²) < 4.78 is 6.61. The van der Waals surface area contributed by atoms with Gasteiger partial charge in [-0.2, -0.15) is 0 Å². The molecule has 1 aromatic carbocycles. The van der Waals surface area contributed by atoms with Crippen LogP contribution in [0.1, 0.15) is 12.8 Å². The van der Waals surface area contributed by atoms with Gasteiger partial charge < -0.3 is 9.84 Å². The third kappa shape index (κ3) is 2.50. The van der Waals surface area contributed by atoms with E-state index in [0.29, 0.717) is 12.8 Å². The van der Waals surface area contributed by atoms with Gasteiger partial charge in [0.15, 0.2) is 0 Å². The number of rotatable bonds is 3. The first-order chi connectivity index (χ1) is 7.15. The first kappa shape index (κ1) is 10.5. The number of benzene rings is 1. The summed E-state index contributed by atoms with van der Waals surface area (Å²) in [5, 5.41) is 8.69. The summed E-state index contributed by atoms with van der Waals surface area (Å²) in [6.45, 7) is 0. The van der Waals surface area contributed by atoms with Crippen molar-refractivity contribution in [2.75, 3.05) is 0 Å². The highest BCUT2D eigenvalue weighted by Gasteiger charge is 2.35. The molecule has 1 fully saturated rings. The Balaban J connectivity index is 1.85. The molecule has 1 saturated carbocycles. The van der Waals surface area contributed by atoms with E-state index in [0.717, 1.165) is 10.2 Å². The molecule has 1 aliphatic rings. The fourth-order valence-electron chi connectivity index (χ4n) is 1.57. The minimum absolute atomic E-state index is 0.0623. The molecule has 0 heterocycles. The molecule has 2 rings (SSSR count). The van der Waals surface area contributed by atoms with Gasteiger partial charge >= 0.3 is 5.97 Å². The standard InChI is InChI=1S/C11H11BrO3/c12-8-1-3-9(4-2-8)15-10-5-7(6-10)11(13)14/h1-4,7,10H,5-6H2,(H,13,14)/t7-,10+. The van der Waals surface area contributed by atoms with Crippen LogP contribution in [0.15, 0.2) is 28.7 Å². The third-order valence-electron chi connectivity index (χ3n) is 2.56. The number of carboxylic acid groups (broad SMARTS) is 1. The molecule has 1 aliphatic carbocycles. The smallest absolute Gasteiger partial charge is 0.306 e. The van der Waals surface area contributed by atoms with Crippen molar-refractivity contribution in [3.05, 3.63) is 28.7 Å². The van der Waals surface area contributed by atoms with E-state index in [1.807, 2.05) is 24.3 Å². The molecule has 15 heavy (non-hydrogen) atoms. The summed E-state index contributed by atoms with van der Waals surface area (Å²) in [5.41, 5.74) is 0. The van der Waals surface area contributed by atoms with E-state index in [2.05, 4.69) is 15.9 Å². The van der Waals surface area contributed by atoms with E-state index in [1.54, 1.807) is 0 Å². The van der Waals surface area contributed by atoms with E-state index in [4.69, 9.17) is 9.84 Å². The SMILES string of the molecule is O=C(O)[C@H]1C[C@@H](Oc2ccc(Br)cc2)C1. The Kier molecular flexibility index (Phi) is 2.95. The van der Waals surface area contributed by atoms with Crippen LogP contribution in [0, 0.1) is 5.92 Å². The van der Waals surface area contributed by atoms with Gasteiger partial charge in [-0.05, 0) is 37.1 Å². The van der Waals surface area contributed by atoms with Crippen molar-refractivity contribution in [3.8, 4) is 5.75 Å². The highest BCUT2D eigenvalue weighted by molar-refractivity contribution is 9.10. The molecule has 0 unspecified atom stereocenters. The quantitative estimate of drug-likeness (QED) is 0.919. The number of aliphatic carboxylic acids is 1. The minimum atomic E-state index is -0.717. The molecule has 1 aromatic rings. The van der Waals surface area contributed by atoms with Gasteiger partial charge in [0.1, 0.15) is 11.9 Å². The lowest BCUT2D eigenvalue weighted by Crippen LogP contribution is -2.38. The molecular weight excluding hydrogens is 260 g/mol. The fraction of sp³-hybridized carbons (Fsp3) is 0.364. The van der Waals surface area contributed by atoms with Crippen LogP contribution in [0.2, 0.25) is 0 Å². The molecule has 0 aliphatic heterocycles. The third-order valence-corrected chi connectivity index (χ3v) is 3.09. The Morgan fingerprint density at radius 2 is 1.93 bits per heavy atom. The normalized spacial score (nSPS) is 24.3. The zero-order chi connectivity index (χ0) is 10.8. The van der Waals surface area contributed by atoms with Gasteiger partial charge in [0.2, 0.25) is 0 Å². The molecule has 0 saturated heterocycles. The van der Waals surface area contributed by atoms with Crippen molar-refractivity contribution in [2.24, 2.45) is 5.92 Å². The van der Waals surface area contributed by atoms with Gasteiger partial charge in [-0.1, -0.05) is 15.9 Å². The van der Waals surface area contributed by atoms with Crippen LogP contribution in [0.5, 0.6) is 5.75 Å². The van der Waals surface area contributed by atoms with Crippen molar-refractivity contribution >= 4 is 21.9 Å². The second-order valence-electron chi connectivity index (χ2n) is 3.70. The maximum atomic E-state index is 10.6. The molecule has 0 radical (unpaired) electrons. The molecule has 80 valence electrons. The number of carboxylic acids is 1. The van der Waals surface area contributed by atoms with Crippen molar-refractivity contribution in [3.63, 3.8) is 0 Å². The molecule has 0 atom stereocenters. The highest BCUT2D eigenvalue weighted by atomic mass is 79.9. The lowest BCUT2D eigenvalue weighted by atomic mass is 9.82. The lowest BCUT2D eigenvalue weighted by molar-refractivity contribution is -0.147. The maximum Gasteiger partial charge on any atom is 0.306 e. The number of hydrogen-bond donors (Lipinski definition) is 1. The number of halogens is 1. The van der Waals surface area contributed by atoms with Crippen LogP contribution >= 0.6 is 15.9 Å². The van der Waals surface area contributed by atoms with Crippen molar-refractivity contribution < 1.29 is 14.6 Å². The summed E-state index contributed by atoms with van der Waals surface area (Å²) >= 11 is 3.34. The molecule has 1 N–H and O–H groups in total. The Morgan fingerprint density at radius 1 is 1.33 bits per heavy atom. The van der Waals surface area contributed by atoms with E-state index < -0.39 is 5.97 Å². The van der Waals surface area contributed by atoms with Crippen LogP contribution in [0.25, 0.3) is 0 Å². The minimum Gasteiger partial charge on any atom is -0.490 e. The number of ether oxygens (including phenoxy) is 1. The lowest BCUT2D eigenvalue weighted by Gasteiger charge is -2.32. The summed E-state index contributed by atoms with van der Waals surface area (Å²) in [4.78, 5) is 10.6. The predicted octanol–water partition coefficient (Wildman–Crippen LogP) is 2.69. The molecular formula is C11H11BrO3. The Morgan fingerprint density at radius 3 is 2.47 bits per heavy atom. The Labute approximate surface area is 96.2 Å². The molecule has 0 aromatic heterocycles. The number of carbonyl (C=O) groups is 1. The molecule has 0 bridgehead atoms. The number of hydrogen-bond acceptors (Lipinski definition) is 2.